The van der Waals surface area contributed by atoms with Crippen LogP contribution < -0.4 is 5.32 Å². The molecule has 5 nitrogen and oxygen atoms in total. The number of hydrogen-bond acceptors (Lipinski definition) is 3. The highest BCUT2D eigenvalue weighted by Gasteiger charge is 2.11. The zero-order chi connectivity index (χ0) is 12.4. The summed E-state index contributed by atoms with van der Waals surface area (Å²) in [5, 5.41) is 10.8. The molecule has 0 aromatic carbocycles. The Bertz CT molecular complexity index is 503. The molecule has 2 aromatic heterocycles. The van der Waals surface area contributed by atoms with Crippen LogP contribution in [0.25, 0.3) is 0 Å². The lowest BCUT2D eigenvalue weighted by atomic mass is 10.3. The number of alkyl halides is 2. The minimum absolute atomic E-state index is 0.289. The standard InChI is InChI=1S/C10H13F2N5/c1-7-9(6-16(2)15-7)13-5-8-3-4-14-17(8)10(11)12/h3-4,6,10,13H,5H2,1-2H3. The van der Waals surface area contributed by atoms with Crippen LogP contribution in [0.5, 0.6) is 0 Å². The summed E-state index contributed by atoms with van der Waals surface area (Å²) in [6.45, 7) is -0.472. The van der Waals surface area contributed by atoms with Gasteiger partial charge in [-0.25, -0.2) is 4.68 Å². The first-order valence-corrected chi connectivity index (χ1v) is 5.12. The Hall–Kier alpha value is -1.92. The molecular formula is C10H13F2N5. The highest BCUT2D eigenvalue weighted by atomic mass is 19.3. The van der Waals surface area contributed by atoms with Gasteiger partial charge in [0.2, 0.25) is 0 Å². The second kappa shape index (κ2) is 4.52. The maximum Gasteiger partial charge on any atom is 0.333 e. The fourth-order valence-electron chi connectivity index (χ4n) is 1.62. The van der Waals surface area contributed by atoms with Crippen LogP contribution in [0, 0.1) is 6.92 Å². The van der Waals surface area contributed by atoms with Gasteiger partial charge in [-0.3, -0.25) is 4.68 Å². The molecule has 0 saturated carbocycles. The molecule has 0 unspecified atom stereocenters. The Morgan fingerprint density at radius 3 is 2.82 bits per heavy atom. The molecule has 0 aliphatic carbocycles. The summed E-state index contributed by atoms with van der Waals surface area (Å²) in [6.07, 6.45) is 3.16. The van der Waals surface area contributed by atoms with Crippen LogP contribution in [0.1, 0.15) is 17.9 Å². The fraction of sp³-hybridized carbons (Fsp3) is 0.400. The maximum atomic E-state index is 12.5. The molecule has 0 spiro atoms. The van der Waals surface area contributed by atoms with Crippen molar-refractivity contribution in [2.45, 2.75) is 20.0 Å². The lowest BCUT2D eigenvalue weighted by Gasteiger charge is -2.07. The van der Waals surface area contributed by atoms with E-state index in [0.29, 0.717) is 10.4 Å². The summed E-state index contributed by atoms with van der Waals surface area (Å²) in [6, 6.07) is 1.56. The van der Waals surface area contributed by atoms with Gasteiger partial charge in [0.1, 0.15) is 0 Å². The quantitative estimate of drug-likeness (QED) is 0.889. The summed E-state index contributed by atoms with van der Waals surface area (Å²) in [5.41, 5.74) is 2.09. The minimum atomic E-state index is -2.61. The molecule has 2 aromatic rings. The highest BCUT2D eigenvalue weighted by molar-refractivity contribution is 5.45. The number of hydrogen-bond donors (Lipinski definition) is 1. The van der Waals surface area contributed by atoms with Crippen molar-refractivity contribution < 1.29 is 8.78 Å². The molecule has 0 atom stereocenters. The Kier molecular flexibility index (Phi) is 3.08. The van der Waals surface area contributed by atoms with E-state index in [1.165, 1.54) is 6.20 Å². The van der Waals surface area contributed by atoms with Crippen molar-refractivity contribution >= 4 is 5.69 Å². The van der Waals surface area contributed by atoms with E-state index in [2.05, 4.69) is 15.5 Å². The molecule has 0 amide bonds. The van der Waals surface area contributed by atoms with Gasteiger partial charge < -0.3 is 5.32 Å². The molecule has 7 heteroatoms. The van der Waals surface area contributed by atoms with Crippen LogP contribution in [0.15, 0.2) is 18.5 Å². The summed E-state index contributed by atoms with van der Waals surface area (Å²) in [7, 11) is 1.81. The van der Waals surface area contributed by atoms with Gasteiger partial charge in [0.05, 0.1) is 23.6 Å². The fourth-order valence-corrected chi connectivity index (χ4v) is 1.62. The van der Waals surface area contributed by atoms with E-state index >= 15 is 0 Å². The van der Waals surface area contributed by atoms with E-state index in [0.717, 1.165) is 11.4 Å². The third-order valence-corrected chi connectivity index (χ3v) is 2.41. The molecule has 0 aliphatic rings. The van der Waals surface area contributed by atoms with Crippen molar-refractivity contribution in [2.75, 3.05) is 5.32 Å². The van der Waals surface area contributed by atoms with E-state index in [-0.39, 0.29) is 6.54 Å². The Balaban J connectivity index is 2.07. The maximum absolute atomic E-state index is 12.5. The van der Waals surface area contributed by atoms with Crippen molar-refractivity contribution in [1.82, 2.24) is 19.6 Å². The topological polar surface area (TPSA) is 47.7 Å². The zero-order valence-corrected chi connectivity index (χ0v) is 9.56. The number of rotatable bonds is 4. The molecule has 2 heterocycles. The largest absolute Gasteiger partial charge is 0.377 e. The van der Waals surface area contributed by atoms with E-state index < -0.39 is 6.55 Å². The van der Waals surface area contributed by atoms with Gasteiger partial charge in [0.25, 0.3) is 0 Å². The predicted molar refractivity (Wildman–Crippen MR) is 58.8 cm³/mol. The number of nitrogens with zero attached hydrogens (tertiary/aromatic N) is 4. The SMILES string of the molecule is Cc1nn(C)cc1NCc1ccnn1C(F)F. The van der Waals surface area contributed by atoms with E-state index in [1.54, 1.807) is 16.9 Å². The lowest BCUT2D eigenvalue weighted by Crippen LogP contribution is -2.09. The minimum Gasteiger partial charge on any atom is -0.377 e. The van der Waals surface area contributed by atoms with Crippen LogP contribution in [0.3, 0.4) is 0 Å². The van der Waals surface area contributed by atoms with Crippen molar-refractivity contribution in [1.29, 1.82) is 0 Å². The molecular weight excluding hydrogens is 228 g/mol. The normalized spacial score (nSPS) is 11.1. The van der Waals surface area contributed by atoms with E-state index in [4.69, 9.17) is 0 Å². The Morgan fingerprint density at radius 2 is 2.24 bits per heavy atom. The Morgan fingerprint density at radius 1 is 1.47 bits per heavy atom. The third-order valence-electron chi connectivity index (χ3n) is 2.41. The first-order valence-electron chi connectivity index (χ1n) is 5.12. The average Bonchev–Trinajstić information content (AvgIpc) is 2.82. The van der Waals surface area contributed by atoms with Gasteiger partial charge >= 0.3 is 6.55 Å². The molecule has 0 fully saturated rings. The van der Waals surface area contributed by atoms with Gasteiger partial charge in [0, 0.05) is 19.4 Å². The summed E-state index contributed by atoms with van der Waals surface area (Å²) < 4.78 is 27.4. The second-order valence-electron chi connectivity index (χ2n) is 3.70. The number of halogens is 2. The van der Waals surface area contributed by atoms with Crippen LogP contribution in [-0.2, 0) is 13.6 Å². The van der Waals surface area contributed by atoms with Crippen molar-refractivity contribution in [3.05, 3.63) is 29.8 Å². The van der Waals surface area contributed by atoms with Gasteiger partial charge in [-0.2, -0.15) is 19.0 Å². The van der Waals surface area contributed by atoms with Crippen LogP contribution >= 0.6 is 0 Å². The molecule has 0 aliphatic heterocycles. The van der Waals surface area contributed by atoms with Crippen molar-refractivity contribution in [2.24, 2.45) is 7.05 Å². The summed E-state index contributed by atoms with van der Waals surface area (Å²) in [5.74, 6) is 0. The third kappa shape index (κ3) is 2.43. The molecule has 0 bridgehead atoms. The molecule has 1 N–H and O–H groups in total. The van der Waals surface area contributed by atoms with Crippen molar-refractivity contribution in [3.8, 4) is 0 Å². The molecule has 0 radical (unpaired) electrons. The van der Waals surface area contributed by atoms with Gasteiger partial charge in [-0.05, 0) is 13.0 Å². The van der Waals surface area contributed by atoms with Crippen LogP contribution in [-0.4, -0.2) is 19.6 Å². The predicted octanol–water partition coefficient (Wildman–Crippen LogP) is 1.93. The smallest absolute Gasteiger partial charge is 0.333 e. The summed E-state index contributed by atoms with van der Waals surface area (Å²) in [4.78, 5) is 0. The van der Waals surface area contributed by atoms with Gasteiger partial charge in [-0.15, -0.1) is 0 Å². The van der Waals surface area contributed by atoms with Gasteiger partial charge in [-0.1, -0.05) is 0 Å². The zero-order valence-electron chi connectivity index (χ0n) is 9.56. The van der Waals surface area contributed by atoms with Gasteiger partial charge in [0.15, 0.2) is 0 Å². The molecule has 0 saturated heterocycles. The van der Waals surface area contributed by atoms with Crippen molar-refractivity contribution in [3.63, 3.8) is 0 Å². The van der Waals surface area contributed by atoms with Crippen LogP contribution in [0.2, 0.25) is 0 Å². The molecule has 17 heavy (non-hydrogen) atoms. The average molecular weight is 241 g/mol. The first-order chi connectivity index (χ1) is 8.08. The Labute approximate surface area is 97.0 Å². The number of aromatic nitrogens is 4. The van der Waals surface area contributed by atoms with E-state index in [1.807, 2.05) is 14.0 Å². The lowest BCUT2D eigenvalue weighted by molar-refractivity contribution is 0.0537. The number of anilines is 1. The molecule has 2 rings (SSSR count). The van der Waals surface area contributed by atoms with E-state index in [9.17, 15) is 8.78 Å². The monoisotopic (exact) mass is 241 g/mol. The number of aryl methyl sites for hydroxylation is 2. The molecule has 92 valence electrons. The highest BCUT2D eigenvalue weighted by Crippen LogP contribution is 2.16. The summed E-state index contributed by atoms with van der Waals surface area (Å²) >= 11 is 0. The van der Waals surface area contributed by atoms with Crippen LogP contribution in [0.4, 0.5) is 14.5 Å². The first kappa shape index (κ1) is 11.6. The number of nitrogens with one attached hydrogen (secondary N) is 1. The second-order valence-corrected chi connectivity index (χ2v) is 3.70.